The molecule has 54 heavy (non-hydrogen) atoms. The van der Waals surface area contributed by atoms with E-state index in [9.17, 15) is 24.0 Å². The van der Waals surface area contributed by atoms with Crippen molar-refractivity contribution < 1.29 is 9.53 Å². The van der Waals surface area contributed by atoms with Gasteiger partial charge in [0.25, 0.3) is 11.1 Å². The van der Waals surface area contributed by atoms with E-state index in [-0.39, 0.29) is 36.2 Å². The number of carbonyl (C=O) groups is 1. The average molecular weight is 839 g/mol. The van der Waals surface area contributed by atoms with Gasteiger partial charge >= 0.3 is 17.3 Å². The van der Waals surface area contributed by atoms with Gasteiger partial charge in [-0.25, -0.2) is 19.6 Å². The first kappa shape index (κ1) is 36.7. The molecular formula is C35H31BrCl2N10O6. The van der Waals surface area contributed by atoms with Crippen molar-refractivity contribution in [2.75, 3.05) is 7.11 Å². The lowest BCUT2D eigenvalue weighted by atomic mass is 10.2. The molecule has 0 spiro atoms. The maximum Gasteiger partial charge on any atom is 0.332 e. The van der Waals surface area contributed by atoms with Crippen LogP contribution in [0.2, 0.25) is 10.0 Å². The molecule has 6 heterocycles. The van der Waals surface area contributed by atoms with E-state index in [4.69, 9.17) is 23.2 Å². The summed E-state index contributed by atoms with van der Waals surface area (Å²) in [6.45, 7) is 0.196. The van der Waals surface area contributed by atoms with Crippen molar-refractivity contribution >= 4 is 89.2 Å². The number of aromatic amines is 2. The van der Waals surface area contributed by atoms with Crippen molar-refractivity contribution in [2.24, 2.45) is 28.2 Å². The maximum atomic E-state index is 13.1. The van der Waals surface area contributed by atoms with Crippen LogP contribution in [0.15, 0.2) is 72.4 Å². The summed E-state index contributed by atoms with van der Waals surface area (Å²) in [4.78, 5) is 78.0. The van der Waals surface area contributed by atoms with Gasteiger partial charge in [0.1, 0.15) is 12.2 Å². The number of ether oxygens (including phenoxy) is 1. The van der Waals surface area contributed by atoms with E-state index in [0.717, 1.165) is 32.1 Å². The number of H-pyrrole nitrogens is 2. The Morgan fingerprint density at radius 3 is 1.65 bits per heavy atom. The molecule has 0 bridgehead atoms. The largest absolute Gasteiger partial charge is 0.469 e. The third kappa shape index (κ3) is 6.37. The van der Waals surface area contributed by atoms with Crippen LogP contribution in [0.5, 0.6) is 0 Å². The first-order chi connectivity index (χ1) is 25.7. The number of halogens is 3. The molecule has 2 aromatic carbocycles. The number of esters is 1. The van der Waals surface area contributed by atoms with Crippen LogP contribution in [0.4, 0.5) is 0 Å². The predicted molar refractivity (Wildman–Crippen MR) is 209 cm³/mol. The highest BCUT2D eigenvalue weighted by Crippen LogP contribution is 2.22. The molecule has 0 aliphatic rings. The molecule has 0 aliphatic heterocycles. The minimum Gasteiger partial charge on any atom is -0.469 e. The van der Waals surface area contributed by atoms with Gasteiger partial charge in [-0.1, -0.05) is 23.2 Å². The standard InChI is InChI=1S/C19H18ClN5O4.C16H13BrClN5O2/c1-23-14(8-15(26)29-3)22-17-16(23)18(27)25(19(28)24(17)2)9-12-7-10-6-11(20)4-5-13(10)21-12;1-21-12-13(20-15(21)17)22(2)16(25)23(14(12)24)7-10-6-8-5-9(18)3-4-11(8)19-10/h4-7,21H,8-9H2,1-3H3;3-6,19H,7H2,1-2H3. The Labute approximate surface area is 321 Å². The number of aromatic nitrogens is 10. The summed E-state index contributed by atoms with van der Waals surface area (Å²) in [5.74, 6) is -0.137. The smallest absolute Gasteiger partial charge is 0.332 e. The van der Waals surface area contributed by atoms with E-state index in [1.54, 1.807) is 51.0 Å². The molecule has 0 amide bonds. The third-order valence-electron chi connectivity index (χ3n) is 9.22. The molecule has 0 saturated carbocycles. The van der Waals surface area contributed by atoms with Gasteiger partial charge < -0.3 is 23.8 Å². The number of imidazole rings is 2. The number of benzene rings is 2. The van der Waals surface area contributed by atoms with E-state index in [1.807, 2.05) is 30.3 Å². The summed E-state index contributed by atoms with van der Waals surface area (Å²) in [6.07, 6.45) is -0.0991. The second-order valence-electron chi connectivity index (χ2n) is 12.6. The molecule has 16 nitrogen and oxygen atoms in total. The normalized spacial score (nSPS) is 11.6. The second kappa shape index (κ2) is 14.0. The first-order valence-electron chi connectivity index (χ1n) is 16.2. The Morgan fingerprint density at radius 1 is 0.704 bits per heavy atom. The molecule has 0 fully saturated rings. The number of nitrogens with zero attached hydrogens (tertiary/aromatic N) is 8. The number of hydrogen-bond acceptors (Lipinski definition) is 8. The summed E-state index contributed by atoms with van der Waals surface area (Å²) in [7, 11) is 7.78. The fourth-order valence-electron chi connectivity index (χ4n) is 6.38. The van der Waals surface area contributed by atoms with Crippen LogP contribution < -0.4 is 22.5 Å². The molecule has 8 rings (SSSR count). The zero-order valence-electron chi connectivity index (χ0n) is 29.4. The van der Waals surface area contributed by atoms with Crippen LogP contribution in [-0.2, 0) is 57.2 Å². The fourth-order valence-corrected chi connectivity index (χ4v) is 7.09. The number of fused-ring (bicyclic) bond motifs is 4. The van der Waals surface area contributed by atoms with Gasteiger partial charge in [-0.2, -0.15) is 0 Å². The molecule has 6 aromatic heterocycles. The van der Waals surface area contributed by atoms with Crippen molar-refractivity contribution in [1.29, 1.82) is 0 Å². The highest BCUT2D eigenvalue weighted by Gasteiger charge is 2.21. The Morgan fingerprint density at radius 2 is 1.17 bits per heavy atom. The number of methoxy groups -OCH3 is 1. The lowest BCUT2D eigenvalue weighted by Crippen LogP contribution is -2.39. The minimum absolute atomic E-state index is 0.0608. The molecule has 0 aliphatic carbocycles. The molecular weight excluding hydrogens is 807 g/mol. The fraction of sp³-hybridized carbons (Fsp3) is 0.229. The number of aryl methyl sites for hydroxylation is 4. The van der Waals surface area contributed by atoms with Crippen LogP contribution in [0.3, 0.4) is 0 Å². The maximum absolute atomic E-state index is 13.1. The number of hydrogen-bond donors (Lipinski definition) is 2. The van der Waals surface area contributed by atoms with Crippen molar-refractivity contribution in [1.82, 2.24) is 47.3 Å². The van der Waals surface area contributed by atoms with Gasteiger partial charge in [-0.3, -0.25) is 32.7 Å². The van der Waals surface area contributed by atoms with Gasteiger partial charge in [0, 0.05) is 71.4 Å². The highest BCUT2D eigenvalue weighted by molar-refractivity contribution is 9.10. The van der Waals surface area contributed by atoms with E-state index in [0.29, 0.717) is 37.5 Å². The van der Waals surface area contributed by atoms with E-state index in [2.05, 4.69) is 40.6 Å². The van der Waals surface area contributed by atoms with Crippen molar-refractivity contribution in [3.8, 4) is 0 Å². The van der Waals surface area contributed by atoms with E-state index >= 15 is 0 Å². The second-order valence-corrected chi connectivity index (χ2v) is 14.2. The number of rotatable bonds is 6. The minimum atomic E-state index is -0.498. The lowest BCUT2D eigenvalue weighted by molar-refractivity contribution is -0.139. The summed E-state index contributed by atoms with van der Waals surface area (Å²) in [6, 6.07) is 14.6. The quantitative estimate of drug-likeness (QED) is 0.188. The number of carbonyl (C=O) groups excluding carboxylic acids is 1. The zero-order valence-corrected chi connectivity index (χ0v) is 32.5. The molecule has 0 saturated heterocycles. The summed E-state index contributed by atoms with van der Waals surface area (Å²) in [5, 5.41) is 3.05. The van der Waals surface area contributed by atoms with E-state index in [1.165, 1.54) is 25.4 Å². The molecule has 19 heteroatoms. The topological polar surface area (TPSA) is 182 Å². The Kier molecular flexibility index (Phi) is 9.49. The summed E-state index contributed by atoms with van der Waals surface area (Å²) in [5.41, 5.74) is 2.60. The average Bonchev–Trinajstić information content (AvgIpc) is 3.89. The summed E-state index contributed by atoms with van der Waals surface area (Å²) >= 11 is 15.3. The van der Waals surface area contributed by atoms with Gasteiger partial charge in [0.15, 0.2) is 27.1 Å². The van der Waals surface area contributed by atoms with Crippen molar-refractivity contribution in [3.63, 3.8) is 0 Å². The monoisotopic (exact) mass is 836 g/mol. The van der Waals surface area contributed by atoms with Crippen LogP contribution in [0.25, 0.3) is 44.1 Å². The highest BCUT2D eigenvalue weighted by atomic mass is 79.9. The number of nitrogens with one attached hydrogen (secondary N) is 2. The molecule has 2 N–H and O–H groups in total. The van der Waals surface area contributed by atoms with Crippen LogP contribution >= 0.6 is 39.1 Å². The van der Waals surface area contributed by atoms with Crippen LogP contribution in [0.1, 0.15) is 17.2 Å². The summed E-state index contributed by atoms with van der Waals surface area (Å²) < 4.78 is 13.3. The third-order valence-corrected chi connectivity index (χ3v) is 10.4. The molecule has 0 atom stereocenters. The first-order valence-corrected chi connectivity index (χ1v) is 17.8. The molecule has 0 unspecified atom stereocenters. The van der Waals surface area contributed by atoms with Gasteiger partial charge in [0.05, 0.1) is 20.2 Å². The van der Waals surface area contributed by atoms with Gasteiger partial charge in [0.2, 0.25) is 0 Å². The Balaban J connectivity index is 0.000000168. The van der Waals surface area contributed by atoms with Crippen molar-refractivity contribution in [3.05, 3.63) is 122 Å². The van der Waals surface area contributed by atoms with Gasteiger partial charge in [-0.15, -0.1) is 0 Å². The Bertz CT molecular complexity index is 3070. The lowest BCUT2D eigenvalue weighted by Gasteiger charge is -2.07. The van der Waals surface area contributed by atoms with Gasteiger partial charge in [-0.05, 0) is 64.5 Å². The Hall–Kier alpha value is -5.65. The zero-order chi connectivity index (χ0) is 38.7. The van der Waals surface area contributed by atoms with Crippen LogP contribution in [0, 0.1) is 0 Å². The van der Waals surface area contributed by atoms with Crippen molar-refractivity contribution in [2.45, 2.75) is 19.5 Å². The SMILES string of the molecule is COC(=O)Cc1nc2c(c(=O)n(Cc3cc4cc(Cl)ccc4[nH]3)c(=O)n2C)n1C.Cn1c(Br)nc2c1c(=O)n(Cc1cc3cc(Cl)ccc3[nH]1)c(=O)n2C. The molecule has 278 valence electrons. The molecule has 8 aromatic rings. The molecule has 0 radical (unpaired) electrons. The predicted octanol–water partition coefficient (Wildman–Crippen LogP) is 3.71. The van der Waals surface area contributed by atoms with Crippen LogP contribution in [-0.4, -0.2) is 60.4 Å². The van der Waals surface area contributed by atoms with E-state index < -0.39 is 22.9 Å².